The number of fused-ring (bicyclic) bond motifs is 1. The lowest BCUT2D eigenvalue weighted by atomic mass is 10.1. The second-order valence-electron chi connectivity index (χ2n) is 7.28. The number of piperidine rings is 1. The molecule has 0 amide bonds. The fourth-order valence-corrected chi connectivity index (χ4v) is 3.88. The molecule has 4 nitrogen and oxygen atoms in total. The molecule has 6 heteroatoms. The van der Waals surface area contributed by atoms with Crippen molar-refractivity contribution in [3.8, 4) is 0 Å². The summed E-state index contributed by atoms with van der Waals surface area (Å²) >= 11 is 6.15. The van der Waals surface area contributed by atoms with Gasteiger partial charge in [-0.3, -0.25) is 0 Å². The maximum absolute atomic E-state index is 13.4. The van der Waals surface area contributed by atoms with Gasteiger partial charge < -0.3 is 15.3 Å². The number of pyridine rings is 1. The second-order valence-corrected chi connectivity index (χ2v) is 7.72. The van der Waals surface area contributed by atoms with E-state index in [1.165, 1.54) is 12.1 Å². The van der Waals surface area contributed by atoms with E-state index in [1.807, 2.05) is 24.3 Å². The Morgan fingerprint density at radius 3 is 2.89 bits per heavy atom. The van der Waals surface area contributed by atoms with Gasteiger partial charge in [0.2, 0.25) is 0 Å². The first-order chi connectivity index (χ1) is 13.6. The summed E-state index contributed by atoms with van der Waals surface area (Å²) in [7, 11) is 0. The predicted octanol–water partition coefficient (Wildman–Crippen LogP) is 4.28. The number of halogens is 2. The molecule has 1 aromatic heterocycles. The Bertz CT molecular complexity index is 981. The molecule has 2 heterocycles. The highest BCUT2D eigenvalue weighted by Crippen LogP contribution is 2.28. The van der Waals surface area contributed by atoms with Gasteiger partial charge >= 0.3 is 0 Å². The highest BCUT2D eigenvalue weighted by molar-refractivity contribution is 6.31. The van der Waals surface area contributed by atoms with E-state index in [2.05, 4.69) is 16.3 Å². The molecule has 146 valence electrons. The molecule has 1 atom stereocenters. The molecule has 0 saturated carbocycles. The highest BCUT2D eigenvalue weighted by Gasteiger charge is 2.21. The molecular weight excluding hydrogens is 377 g/mol. The van der Waals surface area contributed by atoms with Gasteiger partial charge in [0.1, 0.15) is 11.6 Å². The predicted molar refractivity (Wildman–Crippen MR) is 111 cm³/mol. The van der Waals surface area contributed by atoms with E-state index in [0.717, 1.165) is 47.2 Å². The number of rotatable bonds is 5. The first-order valence-corrected chi connectivity index (χ1v) is 9.93. The summed E-state index contributed by atoms with van der Waals surface area (Å²) < 4.78 is 13.4. The van der Waals surface area contributed by atoms with Gasteiger partial charge in [-0.15, -0.1) is 0 Å². The second kappa shape index (κ2) is 8.43. The number of hydrogen-bond donors (Lipinski definition) is 2. The molecule has 2 N–H and O–H groups in total. The number of benzene rings is 2. The average Bonchev–Trinajstić information content (AvgIpc) is 2.67. The van der Waals surface area contributed by atoms with Crippen molar-refractivity contribution in [2.75, 3.05) is 18.0 Å². The van der Waals surface area contributed by atoms with Crippen molar-refractivity contribution in [3.63, 3.8) is 0 Å². The lowest BCUT2D eigenvalue weighted by molar-refractivity contribution is 0.154. The normalized spacial score (nSPS) is 17.2. The van der Waals surface area contributed by atoms with Gasteiger partial charge in [0.25, 0.3) is 0 Å². The van der Waals surface area contributed by atoms with Gasteiger partial charge in [-0.05, 0) is 48.7 Å². The summed E-state index contributed by atoms with van der Waals surface area (Å²) in [6, 6.07) is 14.4. The molecule has 1 fully saturated rings. The van der Waals surface area contributed by atoms with Crippen molar-refractivity contribution in [2.45, 2.75) is 32.0 Å². The third-order valence-electron chi connectivity index (χ3n) is 5.07. The first kappa shape index (κ1) is 19.1. The summed E-state index contributed by atoms with van der Waals surface area (Å²) in [5.74, 6) is 0.645. The quantitative estimate of drug-likeness (QED) is 0.672. The Morgan fingerprint density at radius 2 is 2.07 bits per heavy atom. The number of aliphatic hydroxyl groups is 1. The van der Waals surface area contributed by atoms with Crippen LogP contribution in [-0.2, 0) is 13.1 Å². The number of hydrogen-bond acceptors (Lipinski definition) is 4. The van der Waals surface area contributed by atoms with Gasteiger partial charge in [0.05, 0.1) is 11.6 Å². The smallest absolute Gasteiger partial charge is 0.133 e. The largest absolute Gasteiger partial charge is 0.391 e. The minimum atomic E-state index is -0.335. The summed E-state index contributed by atoms with van der Waals surface area (Å²) in [4.78, 5) is 7.01. The summed E-state index contributed by atoms with van der Waals surface area (Å²) in [5.41, 5.74) is 2.80. The third kappa shape index (κ3) is 4.43. The summed E-state index contributed by atoms with van der Waals surface area (Å²) in [6.07, 6.45) is 1.43. The molecule has 2 aromatic carbocycles. The number of anilines is 1. The number of nitrogens with zero attached hydrogens (tertiary/aromatic N) is 2. The van der Waals surface area contributed by atoms with Crippen molar-refractivity contribution in [3.05, 3.63) is 70.5 Å². The van der Waals surface area contributed by atoms with Crippen molar-refractivity contribution in [2.24, 2.45) is 0 Å². The minimum Gasteiger partial charge on any atom is -0.391 e. The van der Waals surface area contributed by atoms with Crippen LogP contribution >= 0.6 is 11.6 Å². The zero-order chi connectivity index (χ0) is 19.5. The number of aromatic nitrogens is 1. The Hall–Kier alpha value is -2.21. The van der Waals surface area contributed by atoms with E-state index in [4.69, 9.17) is 16.6 Å². The molecule has 0 bridgehead atoms. The Morgan fingerprint density at radius 1 is 1.18 bits per heavy atom. The maximum atomic E-state index is 13.4. The number of β-amino-alcohol motifs (C(OH)–C–C–N with tert-alkyl or cyclic N) is 1. The van der Waals surface area contributed by atoms with E-state index in [9.17, 15) is 9.50 Å². The van der Waals surface area contributed by atoms with Crippen LogP contribution in [0.2, 0.25) is 5.02 Å². The third-order valence-corrected chi connectivity index (χ3v) is 5.30. The van der Waals surface area contributed by atoms with E-state index in [0.29, 0.717) is 24.7 Å². The molecule has 28 heavy (non-hydrogen) atoms. The van der Waals surface area contributed by atoms with Gasteiger partial charge in [-0.1, -0.05) is 29.8 Å². The lowest BCUT2D eigenvalue weighted by Crippen LogP contribution is -2.39. The molecule has 0 radical (unpaired) electrons. The molecule has 0 spiro atoms. The Labute approximate surface area is 169 Å². The van der Waals surface area contributed by atoms with E-state index in [1.54, 1.807) is 6.07 Å². The van der Waals surface area contributed by atoms with Crippen LogP contribution in [0.3, 0.4) is 0 Å². The number of nitrogens with one attached hydrogen (secondary N) is 1. The average molecular weight is 400 g/mol. The van der Waals surface area contributed by atoms with Crippen LogP contribution in [0.15, 0.2) is 48.5 Å². The number of aliphatic hydroxyl groups excluding tert-OH is 1. The van der Waals surface area contributed by atoms with Crippen LogP contribution in [0.5, 0.6) is 0 Å². The standard InChI is InChI=1S/C22H23ClFN3O/c23-18-7-6-16-10-17(13-25-12-15-3-1-4-19(24)9-15)22(26-21(16)11-18)27-8-2-5-20(28)14-27/h1,3-4,6-7,9-11,20,25,28H,2,5,8,12-14H2. The van der Waals surface area contributed by atoms with Crippen LogP contribution in [0.1, 0.15) is 24.0 Å². The molecule has 1 unspecified atom stereocenters. The van der Waals surface area contributed by atoms with Crippen LogP contribution in [0.25, 0.3) is 10.9 Å². The maximum Gasteiger partial charge on any atom is 0.133 e. The minimum absolute atomic E-state index is 0.230. The molecular formula is C22H23ClFN3O. The zero-order valence-corrected chi connectivity index (χ0v) is 16.3. The molecule has 4 rings (SSSR count). The zero-order valence-electron chi connectivity index (χ0n) is 15.5. The van der Waals surface area contributed by atoms with Crippen LogP contribution in [-0.4, -0.2) is 29.3 Å². The highest BCUT2D eigenvalue weighted by atomic mass is 35.5. The summed E-state index contributed by atoms with van der Waals surface area (Å²) in [6.45, 7) is 2.62. The monoisotopic (exact) mass is 399 g/mol. The topological polar surface area (TPSA) is 48.4 Å². The Balaban J connectivity index is 1.60. The van der Waals surface area contributed by atoms with E-state index >= 15 is 0 Å². The van der Waals surface area contributed by atoms with Crippen molar-refractivity contribution < 1.29 is 9.50 Å². The summed E-state index contributed by atoms with van der Waals surface area (Å²) in [5, 5.41) is 15.2. The van der Waals surface area contributed by atoms with E-state index in [-0.39, 0.29) is 11.9 Å². The molecule has 1 aliphatic heterocycles. The SMILES string of the molecule is OC1CCCN(c2nc3cc(Cl)ccc3cc2CNCc2cccc(F)c2)C1. The van der Waals surface area contributed by atoms with Crippen LogP contribution < -0.4 is 10.2 Å². The van der Waals surface area contributed by atoms with Crippen molar-refractivity contribution in [1.82, 2.24) is 10.3 Å². The lowest BCUT2D eigenvalue weighted by Gasteiger charge is -2.32. The Kier molecular flexibility index (Phi) is 5.76. The van der Waals surface area contributed by atoms with Gasteiger partial charge in [-0.25, -0.2) is 9.37 Å². The molecule has 3 aromatic rings. The fourth-order valence-electron chi connectivity index (χ4n) is 3.71. The van der Waals surface area contributed by atoms with Crippen LogP contribution in [0, 0.1) is 5.82 Å². The van der Waals surface area contributed by atoms with Crippen LogP contribution in [0.4, 0.5) is 10.2 Å². The van der Waals surface area contributed by atoms with Gasteiger partial charge in [0.15, 0.2) is 0 Å². The molecule has 1 aliphatic rings. The molecule has 0 aliphatic carbocycles. The van der Waals surface area contributed by atoms with Gasteiger partial charge in [-0.2, -0.15) is 0 Å². The fraction of sp³-hybridized carbons (Fsp3) is 0.318. The van der Waals surface area contributed by atoms with E-state index < -0.39 is 0 Å². The molecule has 1 saturated heterocycles. The van der Waals surface area contributed by atoms with Gasteiger partial charge in [0, 0.05) is 42.2 Å². The van der Waals surface area contributed by atoms with Crippen molar-refractivity contribution >= 4 is 28.3 Å². The first-order valence-electron chi connectivity index (χ1n) is 9.56. The van der Waals surface area contributed by atoms with Crippen molar-refractivity contribution in [1.29, 1.82) is 0 Å².